The zero-order valence-electron chi connectivity index (χ0n) is 23.8. The Labute approximate surface area is 248 Å². The molecular weight excluding hydrogens is 571 g/mol. The second-order valence-corrected chi connectivity index (χ2v) is 9.73. The van der Waals surface area contributed by atoms with Gasteiger partial charge in [-0.25, -0.2) is 0 Å². The van der Waals surface area contributed by atoms with Gasteiger partial charge in [-0.05, 0) is 70.6 Å². The molecule has 0 bridgehead atoms. The summed E-state index contributed by atoms with van der Waals surface area (Å²) in [7, 11) is 1.85. The van der Waals surface area contributed by atoms with Gasteiger partial charge in [-0.2, -0.15) is 13.2 Å². The molecule has 1 unspecified atom stereocenters. The van der Waals surface area contributed by atoms with Crippen molar-refractivity contribution in [1.82, 2.24) is 5.32 Å². The Balaban J connectivity index is 0.000000289. The van der Waals surface area contributed by atoms with Gasteiger partial charge < -0.3 is 24.7 Å². The van der Waals surface area contributed by atoms with Gasteiger partial charge in [0.25, 0.3) is 0 Å². The van der Waals surface area contributed by atoms with Crippen LogP contribution >= 0.6 is 12.4 Å². The highest BCUT2D eigenvalue weighted by atomic mass is 35.5. The number of allylic oxidation sites excluding steroid dienone is 2. The number of rotatable bonds is 8. The Kier molecular flexibility index (Phi) is 12.5. The maximum atomic E-state index is 12.6. The largest absolute Gasteiger partial charge is 0.507 e. The molecule has 0 amide bonds. The van der Waals surface area contributed by atoms with Crippen molar-refractivity contribution in [2.45, 2.75) is 45.9 Å². The summed E-state index contributed by atoms with van der Waals surface area (Å²) in [5, 5.41) is 23.3. The van der Waals surface area contributed by atoms with Crippen LogP contribution in [-0.2, 0) is 12.6 Å². The van der Waals surface area contributed by atoms with E-state index in [0.717, 1.165) is 36.2 Å². The fraction of sp³-hybridized carbons (Fsp3) is 0.281. The average Bonchev–Trinajstić information content (AvgIpc) is 2.91. The van der Waals surface area contributed by atoms with Crippen LogP contribution in [0.25, 0.3) is 11.0 Å². The van der Waals surface area contributed by atoms with Gasteiger partial charge in [-0.3, -0.25) is 4.79 Å². The van der Waals surface area contributed by atoms with E-state index in [1.807, 2.05) is 57.3 Å². The number of aryl methyl sites for hydroxylation is 1. The first-order valence-corrected chi connectivity index (χ1v) is 13.1. The summed E-state index contributed by atoms with van der Waals surface area (Å²) in [6.45, 7) is 6.24. The smallest absolute Gasteiger partial charge is 0.416 e. The third-order valence-electron chi connectivity index (χ3n) is 6.20. The third kappa shape index (κ3) is 9.29. The number of alkyl halides is 3. The molecule has 0 aliphatic heterocycles. The van der Waals surface area contributed by atoms with E-state index >= 15 is 0 Å². The molecular formula is C32H35ClF3NO5. The molecule has 1 aromatic heterocycles. The molecule has 0 fully saturated rings. The molecule has 4 rings (SSSR count). The number of benzene rings is 3. The lowest BCUT2D eigenvalue weighted by atomic mass is 10.0. The van der Waals surface area contributed by atoms with Gasteiger partial charge in [0.2, 0.25) is 0 Å². The second-order valence-electron chi connectivity index (χ2n) is 9.73. The standard InChI is InChI=1S/C17H18F3NO.C15H16O4.ClH/c1-21-12-11-16(13-5-3-2-4-6-13)22-15-9-7-14(8-10-15)17(18,19)20;1-8(2)4-5-10-11(16)7-13-14(15(10)18)12(17)6-9(3)19-13;/h2-10,16,21H,11-12H2,1H3;4,6-7,16,18H,5H2,1-3H3;1H. The fourth-order valence-corrected chi connectivity index (χ4v) is 4.08. The molecule has 42 heavy (non-hydrogen) atoms. The highest BCUT2D eigenvalue weighted by Crippen LogP contribution is 2.35. The SMILES string of the molecule is CC(C)=CCc1c(O)cc2oc(C)cc(=O)c2c1O.CNCCC(Oc1ccc(C(F)(F)F)cc1)c1ccccc1.Cl. The Morgan fingerprint density at radius 1 is 1.05 bits per heavy atom. The van der Waals surface area contributed by atoms with Crippen molar-refractivity contribution in [2.24, 2.45) is 0 Å². The number of aromatic hydroxyl groups is 2. The third-order valence-corrected chi connectivity index (χ3v) is 6.20. The Hall–Kier alpha value is -3.95. The van der Waals surface area contributed by atoms with E-state index in [1.54, 1.807) is 6.92 Å². The van der Waals surface area contributed by atoms with Crippen LogP contribution in [0, 0.1) is 6.92 Å². The molecule has 0 saturated heterocycles. The number of nitrogens with one attached hydrogen (secondary N) is 1. The Bertz CT molecular complexity index is 1530. The van der Waals surface area contributed by atoms with Crippen molar-refractivity contribution in [3.05, 3.63) is 111 Å². The lowest BCUT2D eigenvalue weighted by molar-refractivity contribution is -0.137. The minimum absolute atomic E-state index is 0. The zero-order valence-corrected chi connectivity index (χ0v) is 24.6. The van der Waals surface area contributed by atoms with Crippen molar-refractivity contribution in [1.29, 1.82) is 0 Å². The summed E-state index contributed by atoms with van der Waals surface area (Å²) in [4.78, 5) is 11.9. The Morgan fingerprint density at radius 2 is 1.69 bits per heavy atom. The van der Waals surface area contributed by atoms with Crippen molar-refractivity contribution in [3.8, 4) is 17.2 Å². The van der Waals surface area contributed by atoms with E-state index < -0.39 is 11.7 Å². The molecule has 10 heteroatoms. The summed E-state index contributed by atoms with van der Waals surface area (Å²) in [6.07, 6.45) is -1.57. The van der Waals surface area contributed by atoms with Gasteiger partial charge in [0.05, 0.1) is 5.56 Å². The Morgan fingerprint density at radius 3 is 2.26 bits per heavy atom. The van der Waals surface area contributed by atoms with E-state index in [-0.39, 0.29) is 46.4 Å². The molecule has 0 spiro atoms. The summed E-state index contributed by atoms with van der Waals surface area (Å²) < 4.78 is 48.9. The number of ether oxygens (including phenoxy) is 1. The maximum Gasteiger partial charge on any atom is 0.416 e. The zero-order chi connectivity index (χ0) is 30.2. The van der Waals surface area contributed by atoms with E-state index in [1.165, 1.54) is 24.3 Å². The number of hydrogen-bond donors (Lipinski definition) is 3. The normalized spacial score (nSPS) is 11.6. The van der Waals surface area contributed by atoms with Crippen LogP contribution in [0.2, 0.25) is 0 Å². The van der Waals surface area contributed by atoms with Gasteiger partial charge >= 0.3 is 6.18 Å². The van der Waals surface area contributed by atoms with Crippen LogP contribution in [0.5, 0.6) is 17.2 Å². The minimum Gasteiger partial charge on any atom is -0.507 e. The number of phenolic OH excluding ortho intramolecular Hbond substituents is 2. The van der Waals surface area contributed by atoms with Crippen LogP contribution in [0.1, 0.15) is 48.8 Å². The molecule has 0 aliphatic rings. The van der Waals surface area contributed by atoms with Crippen LogP contribution in [0.3, 0.4) is 0 Å². The predicted molar refractivity (Wildman–Crippen MR) is 161 cm³/mol. The molecule has 3 aromatic carbocycles. The minimum atomic E-state index is -4.33. The van der Waals surface area contributed by atoms with Crippen LogP contribution < -0.4 is 15.5 Å². The highest BCUT2D eigenvalue weighted by molar-refractivity contribution is 5.86. The maximum absolute atomic E-state index is 12.6. The van der Waals surface area contributed by atoms with Crippen molar-refractivity contribution in [3.63, 3.8) is 0 Å². The molecule has 1 atom stereocenters. The van der Waals surface area contributed by atoms with Gasteiger partial charge in [0, 0.05) is 24.1 Å². The van der Waals surface area contributed by atoms with Crippen molar-refractivity contribution >= 4 is 23.4 Å². The molecule has 0 saturated carbocycles. The van der Waals surface area contributed by atoms with Gasteiger partial charge in [0.15, 0.2) is 5.43 Å². The van der Waals surface area contributed by atoms with Gasteiger partial charge in [0.1, 0.15) is 40.1 Å². The van der Waals surface area contributed by atoms with E-state index in [2.05, 4.69) is 5.32 Å². The van der Waals surface area contributed by atoms with E-state index in [9.17, 15) is 28.2 Å². The first-order chi connectivity index (χ1) is 19.4. The lowest BCUT2D eigenvalue weighted by Gasteiger charge is -2.20. The first kappa shape index (κ1) is 34.3. The molecule has 0 radical (unpaired) electrons. The fourth-order valence-electron chi connectivity index (χ4n) is 4.08. The number of phenols is 2. The predicted octanol–water partition coefficient (Wildman–Crippen LogP) is 7.88. The summed E-state index contributed by atoms with van der Waals surface area (Å²) >= 11 is 0. The quantitative estimate of drug-likeness (QED) is 0.177. The first-order valence-electron chi connectivity index (χ1n) is 13.1. The van der Waals surface area contributed by atoms with Crippen molar-refractivity contribution in [2.75, 3.05) is 13.6 Å². The van der Waals surface area contributed by atoms with Crippen LogP contribution in [0.15, 0.2) is 87.6 Å². The number of hydrogen-bond acceptors (Lipinski definition) is 6. The number of halogens is 4. The molecule has 0 aliphatic carbocycles. The second kappa shape index (κ2) is 15.3. The molecule has 226 valence electrons. The van der Waals surface area contributed by atoms with E-state index in [0.29, 0.717) is 23.5 Å². The topological polar surface area (TPSA) is 91.9 Å². The average molecular weight is 606 g/mol. The highest BCUT2D eigenvalue weighted by Gasteiger charge is 2.30. The lowest BCUT2D eigenvalue weighted by Crippen LogP contribution is -2.16. The molecule has 3 N–H and O–H groups in total. The summed E-state index contributed by atoms with van der Waals surface area (Å²) in [6, 6.07) is 17.1. The summed E-state index contributed by atoms with van der Waals surface area (Å²) in [5.74, 6) is 0.587. The van der Waals surface area contributed by atoms with Crippen molar-refractivity contribution < 1.29 is 32.5 Å². The van der Waals surface area contributed by atoms with Gasteiger partial charge in [-0.1, -0.05) is 42.0 Å². The van der Waals surface area contributed by atoms with Crippen LogP contribution in [-0.4, -0.2) is 23.8 Å². The van der Waals surface area contributed by atoms with Crippen LogP contribution in [0.4, 0.5) is 13.2 Å². The molecule has 4 aromatic rings. The number of fused-ring (bicyclic) bond motifs is 1. The molecule has 1 heterocycles. The van der Waals surface area contributed by atoms with E-state index in [4.69, 9.17) is 9.15 Å². The monoisotopic (exact) mass is 605 g/mol. The van der Waals surface area contributed by atoms with Gasteiger partial charge in [-0.15, -0.1) is 12.4 Å². The molecule has 6 nitrogen and oxygen atoms in total. The summed E-state index contributed by atoms with van der Waals surface area (Å²) in [5.41, 5.74) is 1.61.